The third kappa shape index (κ3) is 5.05. The first kappa shape index (κ1) is 27.6. The number of benzene rings is 2. The number of fused-ring (bicyclic) bond motifs is 1. The van der Waals surface area contributed by atoms with Gasteiger partial charge in [-0.15, -0.1) is 0 Å². The highest BCUT2D eigenvalue weighted by Crippen LogP contribution is 2.36. The zero-order chi connectivity index (χ0) is 29.3. The highest BCUT2D eigenvalue weighted by molar-refractivity contribution is 7.07. The minimum Gasteiger partial charge on any atom is -0.493 e. The first-order valence-corrected chi connectivity index (χ1v) is 13.4. The summed E-state index contributed by atoms with van der Waals surface area (Å²) in [4.78, 5) is 43.0. The maximum absolute atomic E-state index is 14.0. The van der Waals surface area contributed by atoms with Gasteiger partial charge in [0, 0.05) is 24.0 Å². The van der Waals surface area contributed by atoms with Gasteiger partial charge in [-0.3, -0.25) is 19.5 Å². The molecule has 210 valence electrons. The Bertz CT molecular complexity index is 1880. The Morgan fingerprint density at radius 3 is 2.61 bits per heavy atom. The molecule has 0 radical (unpaired) electrons. The van der Waals surface area contributed by atoms with Gasteiger partial charge in [-0.2, -0.15) is 0 Å². The van der Waals surface area contributed by atoms with E-state index in [1.54, 1.807) is 73.2 Å². The molecule has 2 aromatic carbocycles. The van der Waals surface area contributed by atoms with Crippen LogP contribution in [0.5, 0.6) is 11.5 Å². The van der Waals surface area contributed by atoms with Gasteiger partial charge in [0.1, 0.15) is 0 Å². The molecule has 0 aliphatic carbocycles. The van der Waals surface area contributed by atoms with Gasteiger partial charge in [0.25, 0.3) is 11.2 Å². The number of ether oxygens (including phenoxy) is 3. The molecule has 3 heterocycles. The van der Waals surface area contributed by atoms with Crippen molar-refractivity contribution in [3.63, 3.8) is 0 Å². The number of allylic oxidation sites excluding steroid dienone is 1. The number of methoxy groups -OCH3 is 2. The van der Waals surface area contributed by atoms with Crippen molar-refractivity contribution in [2.24, 2.45) is 4.99 Å². The lowest BCUT2D eigenvalue weighted by molar-refractivity contribution is -0.384. The SMILES string of the molecule is CCOC(=O)C1=C(C)N=c2sc(=Cc3cccn3-c3cccc([N+](=O)[O-])c3)c(=O)n2[C@@H]1c1ccc(OC)c(OC)c1. The highest BCUT2D eigenvalue weighted by atomic mass is 32.1. The van der Waals surface area contributed by atoms with E-state index < -0.39 is 16.9 Å². The molecule has 1 aliphatic rings. The summed E-state index contributed by atoms with van der Waals surface area (Å²) in [7, 11) is 3.04. The summed E-state index contributed by atoms with van der Waals surface area (Å²) >= 11 is 1.18. The van der Waals surface area contributed by atoms with Gasteiger partial charge in [-0.1, -0.05) is 23.5 Å². The lowest BCUT2D eigenvalue weighted by Crippen LogP contribution is -2.40. The average molecular weight is 575 g/mol. The summed E-state index contributed by atoms with van der Waals surface area (Å²) in [5.41, 5.74) is 2.13. The summed E-state index contributed by atoms with van der Waals surface area (Å²) in [6.07, 6.45) is 3.47. The van der Waals surface area contributed by atoms with Crippen molar-refractivity contribution < 1.29 is 23.9 Å². The molecular weight excluding hydrogens is 548 g/mol. The summed E-state index contributed by atoms with van der Waals surface area (Å²) in [5, 5.41) is 11.3. The second kappa shape index (κ2) is 11.3. The molecule has 0 bridgehead atoms. The van der Waals surface area contributed by atoms with E-state index >= 15 is 0 Å². The van der Waals surface area contributed by atoms with Crippen molar-refractivity contribution in [3.8, 4) is 17.2 Å². The van der Waals surface area contributed by atoms with E-state index in [4.69, 9.17) is 14.2 Å². The Kier molecular flexibility index (Phi) is 7.58. The van der Waals surface area contributed by atoms with E-state index in [0.29, 0.717) is 43.5 Å². The van der Waals surface area contributed by atoms with Gasteiger partial charge in [0.05, 0.1) is 53.3 Å². The number of carbonyl (C=O) groups excluding carboxylic acids is 1. The first-order valence-electron chi connectivity index (χ1n) is 12.6. The van der Waals surface area contributed by atoms with Crippen molar-refractivity contribution in [3.05, 3.63) is 113 Å². The highest BCUT2D eigenvalue weighted by Gasteiger charge is 2.34. The number of hydrogen-bond donors (Lipinski definition) is 0. The molecule has 5 rings (SSSR count). The van der Waals surface area contributed by atoms with Crippen LogP contribution in [0.1, 0.15) is 31.1 Å². The minimum absolute atomic E-state index is 0.0431. The average Bonchev–Trinajstić information content (AvgIpc) is 3.56. The molecule has 0 saturated carbocycles. The molecule has 4 aromatic rings. The molecule has 11 nitrogen and oxygen atoms in total. The molecule has 41 heavy (non-hydrogen) atoms. The van der Waals surface area contributed by atoms with Crippen LogP contribution in [0.4, 0.5) is 5.69 Å². The van der Waals surface area contributed by atoms with Gasteiger partial charge in [0.2, 0.25) is 0 Å². The molecule has 12 heteroatoms. The van der Waals surface area contributed by atoms with Crippen molar-refractivity contribution >= 4 is 29.1 Å². The maximum Gasteiger partial charge on any atom is 0.338 e. The van der Waals surface area contributed by atoms with Crippen molar-refractivity contribution in [1.82, 2.24) is 9.13 Å². The van der Waals surface area contributed by atoms with Crippen LogP contribution in [0.25, 0.3) is 11.8 Å². The van der Waals surface area contributed by atoms with Crippen LogP contribution in [0.2, 0.25) is 0 Å². The number of nitro benzene ring substituents is 1. The smallest absolute Gasteiger partial charge is 0.338 e. The molecule has 0 unspecified atom stereocenters. The number of hydrogen-bond acceptors (Lipinski definition) is 9. The predicted molar refractivity (Wildman–Crippen MR) is 152 cm³/mol. The molecule has 2 aromatic heterocycles. The first-order chi connectivity index (χ1) is 19.8. The topological polar surface area (TPSA) is 127 Å². The monoisotopic (exact) mass is 574 g/mol. The van der Waals surface area contributed by atoms with Crippen molar-refractivity contribution in [2.75, 3.05) is 20.8 Å². The summed E-state index contributed by atoms with van der Waals surface area (Å²) < 4.78 is 19.8. The lowest BCUT2D eigenvalue weighted by atomic mass is 9.95. The molecule has 0 N–H and O–H groups in total. The molecule has 0 saturated heterocycles. The lowest BCUT2D eigenvalue weighted by Gasteiger charge is -2.25. The van der Waals surface area contributed by atoms with Gasteiger partial charge < -0.3 is 18.8 Å². The molecule has 0 spiro atoms. The van der Waals surface area contributed by atoms with E-state index in [9.17, 15) is 19.7 Å². The number of rotatable bonds is 8. The van der Waals surface area contributed by atoms with E-state index in [-0.39, 0.29) is 23.4 Å². The van der Waals surface area contributed by atoms with Gasteiger partial charge in [-0.05, 0) is 55.8 Å². The summed E-state index contributed by atoms with van der Waals surface area (Å²) in [6, 6.07) is 14.2. The van der Waals surface area contributed by atoms with Crippen LogP contribution in [-0.4, -0.2) is 40.9 Å². The zero-order valence-corrected chi connectivity index (χ0v) is 23.5. The number of nitrogens with zero attached hydrogens (tertiary/aromatic N) is 4. The van der Waals surface area contributed by atoms with Crippen LogP contribution >= 0.6 is 11.3 Å². The molecular formula is C29H26N4O7S. The van der Waals surface area contributed by atoms with Gasteiger partial charge in [-0.25, -0.2) is 9.79 Å². The number of aromatic nitrogens is 2. The fourth-order valence-corrected chi connectivity index (χ4v) is 5.80. The van der Waals surface area contributed by atoms with E-state index in [1.807, 2.05) is 0 Å². The second-order valence-corrected chi connectivity index (χ2v) is 10.0. The number of esters is 1. The number of non-ortho nitro benzene ring substituents is 1. The minimum atomic E-state index is -0.823. The fraction of sp³-hybridized carbons (Fsp3) is 0.207. The van der Waals surface area contributed by atoms with Crippen LogP contribution in [-0.2, 0) is 9.53 Å². The zero-order valence-electron chi connectivity index (χ0n) is 22.7. The largest absolute Gasteiger partial charge is 0.493 e. The molecule has 0 amide bonds. The predicted octanol–water partition coefficient (Wildman–Crippen LogP) is 3.51. The Morgan fingerprint density at radius 1 is 1.12 bits per heavy atom. The number of thiazole rings is 1. The fourth-order valence-electron chi connectivity index (χ4n) is 4.77. The Hall–Kier alpha value is -4.97. The van der Waals surface area contributed by atoms with Crippen LogP contribution in [0, 0.1) is 10.1 Å². The standard InChI is InChI=1S/C29H26N4O7S/c1-5-40-28(35)25-17(2)30-29-32(26(25)18-11-12-22(38-3)23(14-18)39-4)27(34)24(41-29)16-20-10-7-13-31(20)19-8-6-9-21(15-19)33(36)37/h6-16,26H,5H2,1-4H3/t26-/m1/s1. The van der Waals surface area contributed by atoms with Crippen LogP contribution in [0.3, 0.4) is 0 Å². The summed E-state index contributed by atoms with van der Waals surface area (Å²) in [6.45, 7) is 3.59. The number of nitro groups is 1. The molecule has 0 fully saturated rings. The van der Waals surface area contributed by atoms with E-state index in [2.05, 4.69) is 4.99 Å². The van der Waals surface area contributed by atoms with Gasteiger partial charge >= 0.3 is 5.97 Å². The Balaban J connectivity index is 1.70. The third-order valence-corrected chi connectivity index (χ3v) is 7.60. The summed E-state index contributed by atoms with van der Waals surface area (Å²) in [5.74, 6) is 0.381. The third-order valence-electron chi connectivity index (χ3n) is 6.62. The normalized spacial score (nSPS) is 14.8. The van der Waals surface area contributed by atoms with E-state index in [1.165, 1.54) is 42.3 Å². The molecule has 1 atom stereocenters. The van der Waals surface area contributed by atoms with Crippen LogP contribution < -0.4 is 24.4 Å². The van der Waals surface area contributed by atoms with Crippen molar-refractivity contribution in [1.29, 1.82) is 0 Å². The number of carbonyl (C=O) groups is 1. The quantitative estimate of drug-likeness (QED) is 0.179. The van der Waals surface area contributed by atoms with Crippen LogP contribution in [0.15, 0.2) is 81.9 Å². The van der Waals surface area contributed by atoms with E-state index in [0.717, 1.165) is 0 Å². The second-order valence-electron chi connectivity index (χ2n) is 9.00. The Morgan fingerprint density at radius 2 is 1.90 bits per heavy atom. The maximum atomic E-state index is 14.0. The van der Waals surface area contributed by atoms with Crippen molar-refractivity contribution in [2.45, 2.75) is 19.9 Å². The molecule has 1 aliphatic heterocycles. The van der Waals surface area contributed by atoms with Gasteiger partial charge in [0.15, 0.2) is 16.3 Å². The Labute approximate surface area is 238 Å².